The quantitative estimate of drug-likeness (QED) is 0.868. The molecule has 0 aliphatic carbocycles. The third kappa shape index (κ3) is 2.10. The van der Waals surface area contributed by atoms with Crippen molar-refractivity contribution in [2.75, 3.05) is 0 Å². The van der Waals surface area contributed by atoms with E-state index in [1.54, 1.807) is 6.26 Å². The number of rotatable bonds is 2. The summed E-state index contributed by atoms with van der Waals surface area (Å²) in [5, 5.41) is 14.5. The number of aromatic hydroxyl groups is 1. The van der Waals surface area contributed by atoms with Crippen molar-refractivity contribution in [3.05, 3.63) is 53.0 Å². The minimum atomic E-state index is 0.0465. The fraction of sp³-hybridized carbons (Fsp3) is 0.267. The zero-order chi connectivity index (χ0) is 13.4. The Bertz CT molecular complexity index is 630. The van der Waals surface area contributed by atoms with E-state index in [0.29, 0.717) is 12.2 Å². The lowest BCUT2D eigenvalue weighted by molar-refractivity contribution is 0.440. The largest absolute Gasteiger partial charge is 0.507 e. The summed E-state index contributed by atoms with van der Waals surface area (Å²) in [7, 11) is 0. The molecular weight excluding hydrogens is 240 g/mol. The maximum Gasteiger partial charge on any atom is 0.128 e. The monoisotopic (exact) mass is 256 g/mol. The van der Waals surface area contributed by atoms with E-state index < -0.39 is 0 Å². The highest BCUT2D eigenvalue weighted by Gasteiger charge is 2.25. The number of aryl methyl sites for hydroxylation is 2. The van der Waals surface area contributed by atoms with Gasteiger partial charge in [-0.2, -0.15) is 5.10 Å². The average Bonchev–Trinajstić information content (AvgIpc) is 3.03. The highest BCUT2D eigenvalue weighted by Crippen LogP contribution is 2.30. The molecule has 4 nitrogen and oxygen atoms in total. The lowest BCUT2D eigenvalue weighted by Gasteiger charge is -2.09. The van der Waals surface area contributed by atoms with Gasteiger partial charge in [0.25, 0.3) is 0 Å². The van der Waals surface area contributed by atoms with Crippen LogP contribution in [0.1, 0.15) is 34.9 Å². The third-order valence-electron chi connectivity index (χ3n) is 3.40. The van der Waals surface area contributed by atoms with E-state index in [1.807, 2.05) is 38.1 Å². The summed E-state index contributed by atoms with van der Waals surface area (Å²) in [4.78, 5) is 0. The van der Waals surface area contributed by atoms with Crippen LogP contribution in [0.3, 0.4) is 0 Å². The number of benzene rings is 1. The van der Waals surface area contributed by atoms with E-state index in [-0.39, 0.29) is 6.04 Å². The second kappa shape index (κ2) is 4.46. The summed E-state index contributed by atoms with van der Waals surface area (Å²) in [6, 6.07) is 7.77. The summed E-state index contributed by atoms with van der Waals surface area (Å²) >= 11 is 0. The second-order valence-electron chi connectivity index (χ2n) is 4.94. The molecule has 2 N–H and O–H groups in total. The number of nitrogens with one attached hydrogen (secondary N) is 1. The van der Waals surface area contributed by atoms with Gasteiger partial charge >= 0.3 is 0 Å². The van der Waals surface area contributed by atoms with Crippen LogP contribution in [0.5, 0.6) is 5.75 Å². The Kier molecular flexibility index (Phi) is 2.78. The molecule has 0 radical (unpaired) electrons. The van der Waals surface area contributed by atoms with Crippen molar-refractivity contribution < 1.29 is 9.52 Å². The molecule has 98 valence electrons. The predicted molar refractivity (Wildman–Crippen MR) is 73.3 cm³/mol. The van der Waals surface area contributed by atoms with Crippen molar-refractivity contribution in [3.63, 3.8) is 0 Å². The van der Waals surface area contributed by atoms with Gasteiger partial charge in [0.2, 0.25) is 0 Å². The van der Waals surface area contributed by atoms with E-state index in [4.69, 9.17) is 4.42 Å². The minimum absolute atomic E-state index is 0.0465. The van der Waals surface area contributed by atoms with Gasteiger partial charge in [-0.25, -0.2) is 0 Å². The summed E-state index contributed by atoms with van der Waals surface area (Å²) in [6.45, 7) is 3.92. The first-order chi connectivity index (χ1) is 9.15. The van der Waals surface area contributed by atoms with Crippen LogP contribution in [-0.2, 0) is 0 Å². The maximum atomic E-state index is 10.2. The fourth-order valence-corrected chi connectivity index (χ4v) is 2.44. The SMILES string of the molecule is Cc1cc(C)c(O)c(C2=NN[C@@H](c3ccco3)C2)c1. The molecule has 0 spiro atoms. The van der Waals surface area contributed by atoms with Crippen LogP contribution in [0.25, 0.3) is 0 Å². The zero-order valence-electron chi connectivity index (χ0n) is 11.0. The number of phenolic OH excluding ortho intramolecular Hbond substituents is 1. The van der Waals surface area contributed by atoms with Crippen molar-refractivity contribution in [3.8, 4) is 5.75 Å². The van der Waals surface area contributed by atoms with Gasteiger partial charge < -0.3 is 9.52 Å². The van der Waals surface area contributed by atoms with E-state index in [1.165, 1.54) is 0 Å². The number of nitrogens with zero attached hydrogens (tertiary/aromatic N) is 1. The lowest BCUT2D eigenvalue weighted by Crippen LogP contribution is -2.08. The molecule has 0 unspecified atom stereocenters. The topological polar surface area (TPSA) is 57.8 Å². The fourth-order valence-electron chi connectivity index (χ4n) is 2.44. The van der Waals surface area contributed by atoms with Gasteiger partial charge in [0, 0.05) is 12.0 Å². The number of hydrogen-bond donors (Lipinski definition) is 2. The molecule has 2 aromatic rings. The molecule has 0 saturated heterocycles. The number of phenols is 1. The van der Waals surface area contributed by atoms with Gasteiger partial charge in [-0.3, -0.25) is 5.43 Å². The summed E-state index contributed by atoms with van der Waals surface area (Å²) in [5.41, 5.74) is 6.72. The van der Waals surface area contributed by atoms with Gasteiger partial charge in [0.15, 0.2) is 0 Å². The Morgan fingerprint density at radius 3 is 2.95 bits per heavy atom. The zero-order valence-corrected chi connectivity index (χ0v) is 11.0. The molecule has 1 aliphatic rings. The maximum absolute atomic E-state index is 10.2. The first kappa shape index (κ1) is 11.8. The molecule has 0 bridgehead atoms. The Balaban J connectivity index is 1.89. The molecule has 0 fully saturated rings. The van der Waals surface area contributed by atoms with Gasteiger partial charge in [0.1, 0.15) is 17.6 Å². The first-order valence-electron chi connectivity index (χ1n) is 6.31. The summed E-state index contributed by atoms with van der Waals surface area (Å²) in [6.07, 6.45) is 2.37. The molecule has 3 rings (SSSR count). The molecule has 1 atom stereocenters. The lowest BCUT2D eigenvalue weighted by atomic mass is 9.98. The van der Waals surface area contributed by atoms with Crippen LogP contribution in [0, 0.1) is 13.8 Å². The summed E-state index contributed by atoms with van der Waals surface area (Å²) in [5.74, 6) is 1.17. The minimum Gasteiger partial charge on any atom is -0.507 e. The third-order valence-corrected chi connectivity index (χ3v) is 3.40. The number of hydrazone groups is 1. The molecule has 19 heavy (non-hydrogen) atoms. The first-order valence-corrected chi connectivity index (χ1v) is 6.31. The van der Waals surface area contributed by atoms with E-state index in [9.17, 15) is 5.11 Å². The molecule has 1 aromatic carbocycles. The van der Waals surface area contributed by atoms with Crippen molar-refractivity contribution in [1.29, 1.82) is 0 Å². The molecule has 1 aromatic heterocycles. The van der Waals surface area contributed by atoms with Crippen molar-refractivity contribution in [1.82, 2.24) is 5.43 Å². The normalized spacial score (nSPS) is 18.2. The molecule has 2 heterocycles. The second-order valence-corrected chi connectivity index (χ2v) is 4.94. The molecular formula is C15H16N2O2. The Morgan fingerprint density at radius 1 is 1.37 bits per heavy atom. The van der Waals surface area contributed by atoms with Gasteiger partial charge in [0.05, 0.1) is 12.0 Å². The van der Waals surface area contributed by atoms with Gasteiger partial charge in [-0.15, -0.1) is 0 Å². The van der Waals surface area contributed by atoms with Crippen molar-refractivity contribution in [2.24, 2.45) is 5.10 Å². The van der Waals surface area contributed by atoms with Crippen molar-refractivity contribution in [2.45, 2.75) is 26.3 Å². The van der Waals surface area contributed by atoms with Crippen LogP contribution in [0.15, 0.2) is 40.0 Å². The average molecular weight is 256 g/mol. The Labute approximate surface area is 111 Å². The van der Waals surface area contributed by atoms with Crippen LogP contribution < -0.4 is 5.43 Å². The van der Waals surface area contributed by atoms with E-state index in [2.05, 4.69) is 10.5 Å². The molecule has 1 aliphatic heterocycles. The standard InChI is InChI=1S/C15H16N2O2/c1-9-6-10(2)15(18)11(7-9)12-8-13(17-16-12)14-4-3-5-19-14/h3-7,13,17-18H,8H2,1-2H3/t13-/m1/s1. The predicted octanol–water partition coefficient (Wildman–Crippen LogP) is 3.04. The smallest absolute Gasteiger partial charge is 0.128 e. The summed E-state index contributed by atoms with van der Waals surface area (Å²) < 4.78 is 5.38. The van der Waals surface area contributed by atoms with Crippen LogP contribution in [0.2, 0.25) is 0 Å². The Hall–Kier alpha value is -2.23. The molecule has 0 amide bonds. The number of hydrogen-bond acceptors (Lipinski definition) is 4. The van der Waals surface area contributed by atoms with Gasteiger partial charge in [-0.1, -0.05) is 6.07 Å². The number of furan rings is 1. The van der Waals surface area contributed by atoms with Crippen LogP contribution in [0.4, 0.5) is 0 Å². The van der Waals surface area contributed by atoms with E-state index in [0.717, 1.165) is 28.2 Å². The van der Waals surface area contributed by atoms with E-state index >= 15 is 0 Å². The highest BCUT2D eigenvalue weighted by molar-refractivity contribution is 6.04. The van der Waals surface area contributed by atoms with Crippen LogP contribution >= 0.6 is 0 Å². The van der Waals surface area contributed by atoms with Crippen molar-refractivity contribution >= 4 is 5.71 Å². The van der Waals surface area contributed by atoms with Gasteiger partial charge in [-0.05, 0) is 43.2 Å². The molecule has 4 heteroatoms. The Morgan fingerprint density at radius 2 is 2.21 bits per heavy atom. The highest BCUT2D eigenvalue weighted by atomic mass is 16.3. The molecule has 0 saturated carbocycles. The van der Waals surface area contributed by atoms with Crippen LogP contribution in [-0.4, -0.2) is 10.8 Å².